The molecule has 0 bridgehead atoms. The molecule has 1 aliphatic rings. The van der Waals surface area contributed by atoms with Crippen molar-refractivity contribution >= 4 is 22.9 Å². The van der Waals surface area contributed by atoms with Gasteiger partial charge in [-0.25, -0.2) is 4.98 Å². The molecule has 1 aliphatic heterocycles. The molecule has 1 aromatic carbocycles. The molecule has 3 heterocycles. The predicted octanol–water partition coefficient (Wildman–Crippen LogP) is 3.23. The topological polar surface area (TPSA) is 89.1 Å². The molecule has 0 aliphatic carbocycles. The largest absolute Gasteiger partial charge is 0.586 e. The molecule has 0 unspecified atom stereocenters. The number of rotatable bonds is 1. The highest BCUT2D eigenvalue weighted by Crippen LogP contribution is 2.42. The van der Waals surface area contributed by atoms with Crippen LogP contribution in [0.2, 0.25) is 0 Å². The highest BCUT2D eigenvalue weighted by atomic mass is 19.3. The Labute approximate surface area is 141 Å². The molecule has 0 radical (unpaired) electrons. The quantitative estimate of drug-likeness (QED) is 0.705. The first kappa shape index (κ1) is 16.6. The molecule has 1 amide bonds. The minimum atomic E-state index is -3.65. The fraction of sp³-hybridized carbons (Fsp3) is 0.188. The Balaban J connectivity index is 0.000000219. The van der Waals surface area contributed by atoms with Crippen molar-refractivity contribution in [3.8, 4) is 11.5 Å². The van der Waals surface area contributed by atoms with Crippen LogP contribution in [0.1, 0.15) is 12.5 Å². The van der Waals surface area contributed by atoms with Crippen molar-refractivity contribution in [2.24, 2.45) is 0 Å². The number of hydrogen-bond acceptors (Lipinski definition) is 5. The average molecular weight is 348 g/mol. The van der Waals surface area contributed by atoms with Gasteiger partial charge in [-0.05, 0) is 24.6 Å². The number of aromatic amines is 1. The van der Waals surface area contributed by atoms with E-state index in [1.807, 2.05) is 19.1 Å². The first-order valence-electron chi connectivity index (χ1n) is 7.26. The van der Waals surface area contributed by atoms with Gasteiger partial charge in [0.15, 0.2) is 11.5 Å². The molecule has 0 atom stereocenters. The van der Waals surface area contributed by atoms with Gasteiger partial charge in [-0.3, -0.25) is 15.1 Å². The molecule has 25 heavy (non-hydrogen) atoms. The standard InChI is InChI=1S/C10H7F2N3O3.C6H7N/c1-4(16)13-9-14-5-2-7-8(3-6(5)15-9)18-10(11,12)17-7;1-6-2-4-7-5-3-6/h2-3H,1H3,(H2,13,14,15,16);2-5H,1H3. The number of halogens is 2. The number of carbonyl (C=O) groups excluding carboxylic acids is 1. The summed E-state index contributed by atoms with van der Waals surface area (Å²) in [7, 11) is 0. The monoisotopic (exact) mass is 348 g/mol. The molecule has 4 rings (SSSR count). The molecule has 2 aromatic heterocycles. The van der Waals surface area contributed by atoms with Gasteiger partial charge in [0.1, 0.15) is 0 Å². The van der Waals surface area contributed by atoms with Gasteiger partial charge in [0, 0.05) is 31.5 Å². The molecule has 0 fully saturated rings. The van der Waals surface area contributed by atoms with Crippen molar-refractivity contribution < 1.29 is 23.0 Å². The number of hydrogen-bond donors (Lipinski definition) is 2. The smallest absolute Gasteiger partial charge is 0.395 e. The van der Waals surface area contributed by atoms with Crippen LogP contribution in [0.25, 0.3) is 11.0 Å². The number of benzene rings is 1. The molecule has 0 saturated carbocycles. The lowest BCUT2D eigenvalue weighted by Crippen LogP contribution is -2.25. The number of fused-ring (bicyclic) bond motifs is 2. The summed E-state index contributed by atoms with van der Waals surface area (Å²) in [5.41, 5.74) is 2.10. The normalized spacial score (nSPS) is 13.9. The molecule has 2 N–H and O–H groups in total. The van der Waals surface area contributed by atoms with Crippen LogP contribution in [0.5, 0.6) is 11.5 Å². The summed E-state index contributed by atoms with van der Waals surface area (Å²) < 4.78 is 34.2. The number of aromatic nitrogens is 3. The third-order valence-electron chi connectivity index (χ3n) is 3.15. The van der Waals surface area contributed by atoms with Crippen molar-refractivity contribution in [3.05, 3.63) is 42.2 Å². The summed E-state index contributed by atoms with van der Waals surface area (Å²) in [4.78, 5) is 21.5. The van der Waals surface area contributed by atoms with E-state index in [4.69, 9.17) is 0 Å². The van der Waals surface area contributed by atoms with Gasteiger partial charge >= 0.3 is 6.29 Å². The molecule has 130 valence electrons. The first-order chi connectivity index (χ1) is 11.8. The molecule has 0 saturated heterocycles. The second-order valence-corrected chi connectivity index (χ2v) is 5.27. The van der Waals surface area contributed by atoms with E-state index in [0.717, 1.165) is 0 Å². The van der Waals surface area contributed by atoms with Gasteiger partial charge < -0.3 is 14.5 Å². The van der Waals surface area contributed by atoms with Gasteiger partial charge in [0.25, 0.3) is 0 Å². The fourth-order valence-corrected chi connectivity index (χ4v) is 2.11. The second kappa shape index (κ2) is 6.34. The number of nitrogens with zero attached hydrogens (tertiary/aromatic N) is 2. The minimum absolute atomic E-state index is 0.0782. The Kier molecular flexibility index (Phi) is 4.22. The summed E-state index contributed by atoms with van der Waals surface area (Å²) in [6.07, 6.45) is -0.0771. The molecular formula is C16H14F2N4O3. The molecule has 0 spiro atoms. The minimum Gasteiger partial charge on any atom is -0.395 e. The van der Waals surface area contributed by atoms with Crippen LogP contribution in [-0.4, -0.2) is 27.2 Å². The van der Waals surface area contributed by atoms with Gasteiger partial charge in [-0.15, -0.1) is 8.78 Å². The maximum atomic E-state index is 12.8. The zero-order valence-corrected chi connectivity index (χ0v) is 13.3. The van der Waals surface area contributed by atoms with Crippen LogP contribution in [0.4, 0.5) is 14.7 Å². The Hall–Kier alpha value is -3.23. The number of aryl methyl sites for hydroxylation is 1. The first-order valence-corrected chi connectivity index (χ1v) is 7.26. The van der Waals surface area contributed by atoms with Crippen molar-refractivity contribution in [3.63, 3.8) is 0 Å². The number of H-pyrrole nitrogens is 1. The van der Waals surface area contributed by atoms with E-state index in [2.05, 4.69) is 29.7 Å². The van der Waals surface area contributed by atoms with E-state index in [0.29, 0.717) is 11.0 Å². The Bertz CT molecular complexity index is 867. The van der Waals surface area contributed by atoms with E-state index in [1.165, 1.54) is 24.6 Å². The third kappa shape index (κ3) is 4.00. The maximum absolute atomic E-state index is 12.8. The van der Waals surface area contributed by atoms with E-state index < -0.39 is 6.29 Å². The van der Waals surface area contributed by atoms with Crippen LogP contribution < -0.4 is 14.8 Å². The van der Waals surface area contributed by atoms with Crippen molar-refractivity contribution in [2.45, 2.75) is 20.1 Å². The van der Waals surface area contributed by atoms with Gasteiger partial charge in [0.2, 0.25) is 11.9 Å². The van der Waals surface area contributed by atoms with Crippen LogP contribution in [0.15, 0.2) is 36.7 Å². The van der Waals surface area contributed by atoms with E-state index in [9.17, 15) is 13.6 Å². The highest BCUT2D eigenvalue weighted by Gasteiger charge is 2.43. The SMILES string of the molecule is CC(=O)Nc1nc2cc3c(cc2[nH]1)OC(F)(F)O3.Cc1ccncc1. The van der Waals surface area contributed by atoms with Gasteiger partial charge in [-0.2, -0.15) is 0 Å². The number of ether oxygens (including phenoxy) is 2. The average Bonchev–Trinajstić information content (AvgIpc) is 3.02. The highest BCUT2D eigenvalue weighted by molar-refractivity contribution is 5.90. The fourth-order valence-electron chi connectivity index (χ4n) is 2.11. The number of amides is 1. The second-order valence-electron chi connectivity index (χ2n) is 5.27. The predicted molar refractivity (Wildman–Crippen MR) is 85.6 cm³/mol. The lowest BCUT2D eigenvalue weighted by atomic mass is 10.3. The number of pyridine rings is 1. The number of imidazole rings is 1. The number of carbonyl (C=O) groups is 1. The van der Waals surface area contributed by atoms with Crippen LogP contribution in [0, 0.1) is 6.92 Å². The Morgan fingerprint density at radius 2 is 1.84 bits per heavy atom. The van der Waals surface area contributed by atoms with Crippen molar-refractivity contribution in [1.82, 2.24) is 15.0 Å². The summed E-state index contributed by atoms with van der Waals surface area (Å²) in [5, 5.41) is 2.45. The molecule has 3 aromatic rings. The lowest BCUT2D eigenvalue weighted by Gasteiger charge is -2.04. The van der Waals surface area contributed by atoms with Gasteiger partial charge in [-0.1, -0.05) is 0 Å². The molecule has 9 heteroatoms. The van der Waals surface area contributed by atoms with E-state index >= 15 is 0 Å². The summed E-state index contributed by atoms with van der Waals surface area (Å²) in [6, 6.07) is 6.59. The number of nitrogens with one attached hydrogen (secondary N) is 2. The lowest BCUT2D eigenvalue weighted by molar-refractivity contribution is -0.286. The number of anilines is 1. The van der Waals surface area contributed by atoms with Gasteiger partial charge in [0.05, 0.1) is 11.0 Å². The zero-order valence-electron chi connectivity index (χ0n) is 13.3. The zero-order chi connectivity index (χ0) is 18.0. The van der Waals surface area contributed by atoms with Crippen LogP contribution >= 0.6 is 0 Å². The van der Waals surface area contributed by atoms with E-state index in [-0.39, 0.29) is 23.4 Å². The summed E-state index contributed by atoms with van der Waals surface area (Å²) in [5.74, 6) is -0.229. The van der Waals surface area contributed by atoms with Crippen molar-refractivity contribution in [1.29, 1.82) is 0 Å². The Morgan fingerprint density at radius 1 is 1.20 bits per heavy atom. The van der Waals surface area contributed by atoms with E-state index in [1.54, 1.807) is 12.4 Å². The van der Waals surface area contributed by atoms with Crippen LogP contribution in [-0.2, 0) is 4.79 Å². The maximum Gasteiger partial charge on any atom is 0.586 e. The van der Waals surface area contributed by atoms with Crippen molar-refractivity contribution in [2.75, 3.05) is 5.32 Å². The molecular weight excluding hydrogens is 334 g/mol. The Morgan fingerprint density at radius 3 is 2.40 bits per heavy atom. The summed E-state index contributed by atoms with van der Waals surface area (Å²) >= 11 is 0. The molecule has 7 nitrogen and oxygen atoms in total. The van der Waals surface area contributed by atoms with Crippen LogP contribution in [0.3, 0.4) is 0 Å². The third-order valence-corrected chi connectivity index (χ3v) is 3.15. The number of alkyl halides is 2. The summed E-state index contributed by atoms with van der Waals surface area (Å²) in [6.45, 7) is 3.38.